The van der Waals surface area contributed by atoms with E-state index in [0.29, 0.717) is 36.2 Å². The Balaban J connectivity index is 1.17. The third kappa shape index (κ3) is 4.02. The average Bonchev–Trinajstić information content (AvgIpc) is 3.31. The van der Waals surface area contributed by atoms with Gasteiger partial charge in [-0.05, 0) is 49.1 Å². The summed E-state index contributed by atoms with van der Waals surface area (Å²) in [6, 6.07) is 19.7. The predicted molar refractivity (Wildman–Crippen MR) is 140 cm³/mol. The number of aromatic nitrogens is 6. The molecule has 9 heteroatoms. The lowest BCUT2D eigenvalue weighted by atomic mass is 10.2. The summed E-state index contributed by atoms with van der Waals surface area (Å²) in [7, 11) is 0. The van der Waals surface area contributed by atoms with Crippen LogP contribution in [0.2, 0.25) is 0 Å². The van der Waals surface area contributed by atoms with E-state index in [4.69, 9.17) is 14.8 Å². The number of para-hydroxylation sites is 3. The van der Waals surface area contributed by atoms with Crippen molar-refractivity contribution in [2.45, 2.75) is 25.9 Å². The Morgan fingerprint density at radius 2 is 1.86 bits per heavy atom. The van der Waals surface area contributed by atoms with Gasteiger partial charge in [-0.2, -0.15) is 10.2 Å². The zero-order valence-corrected chi connectivity index (χ0v) is 20.3. The first-order valence-corrected chi connectivity index (χ1v) is 12.6. The zero-order valence-electron chi connectivity index (χ0n) is 20.3. The molecule has 0 N–H and O–H groups in total. The van der Waals surface area contributed by atoms with Crippen molar-refractivity contribution in [2.24, 2.45) is 5.92 Å². The highest BCUT2D eigenvalue weighted by Gasteiger charge is 2.27. The lowest BCUT2D eigenvalue weighted by molar-refractivity contribution is -0.442. The number of rotatable bonds is 8. The van der Waals surface area contributed by atoms with Gasteiger partial charge in [-0.1, -0.05) is 35.3 Å². The highest BCUT2D eigenvalue weighted by atomic mass is 16.5. The second kappa shape index (κ2) is 8.85. The van der Waals surface area contributed by atoms with Crippen LogP contribution in [0.5, 0.6) is 5.75 Å². The van der Waals surface area contributed by atoms with Crippen LogP contribution in [-0.4, -0.2) is 53.1 Å². The maximum Gasteiger partial charge on any atom is 0.400 e. The maximum absolute atomic E-state index is 13.6. The first-order chi connectivity index (χ1) is 18.2. The molecule has 2 aliphatic rings. The molecule has 4 heterocycles. The molecule has 0 atom stereocenters. The summed E-state index contributed by atoms with van der Waals surface area (Å²) in [5, 5.41) is 9.17. The number of nitrogens with zero attached hydrogens (tertiary/aromatic N) is 7. The molecule has 1 saturated carbocycles. The van der Waals surface area contributed by atoms with E-state index in [-0.39, 0.29) is 5.43 Å². The van der Waals surface area contributed by atoms with Crippen molar-refractivity contribution >= 4 is 23.2 Å². The van der Waals surface area contributed by atoms with E-state index < -0.39 is 0 Å². The summed E-state index contributed by atoms with van der Waals surface area (Å²) < 4.78 is 14.0. The van der Waals surface area contributed by atoms with E-state index in [0.717, 1.165) is 35.8 Å². The molecule has 37 heavy (non-hydrogen) atoms. The van der Waals surface area contributed by atoms with Crippen LogP contribution in [0.3, 0.4) is 0 Å². The van der Waals surface area contributed by atoms with Gasteiger partial charge in [-0.25, -0.2) is 13.8 Å². The monoisotopic (exact) mass is 492 g/mol. The normalized spacial score (nSPS) is 14.6. The van der Waals surface area contributed by atoms with Crippen molar-refractivity contribution in [3.05, 3.63) is 83.3 Å². The van der Waals surface area contributed by atoms with Crippen LogP contribution in [0, 0.1) is 5.92 Å². The van der Waals surface area contributed by atoms with Crippen LogP contribution in [0.4, 0.5) is 5.95 Å². The number of imidazole rings is 1. The van der Waals surface area contributed by atoms with Gasteiger partial charge in [0, 0.05) is 6.54 Å². The zero-order chi connectivity index (χ0) is 24.8. The van der Waals surface area contributed by atoms with Gasteiger partial charge in [-0.15, -0.1) is 0 Å². The minimum absolute atomic E-state index is 0.234. The molecule has 0 amide bonds. The smallest absolute Gasteiger partial charge is 0.400 e. The van der Waals surface area contributed by atoms with Gasteiger partial charge in [0.05, 0.1) is 30.0 Å². The summed E-state index contributed by atoms with van der Waals surface area (Å²) in [4.78, 5) is 18.3. The Morgan fingerprint density at radius 1 is 1.03 bits per heavy atom. The van der Waals surface area contributed by atoms with E-state index in [2.05, 4.69) is 26.5 Å². The second-order valence-corrected chi connectivity index (χ2v) is 9.54. The Hall–Kier alpha value is -4.53. The number of ether oxygens (including phenoxy) is 1. The van der Waals surface area contributed by atoms with E-state index in [1.165, 1.54) is 12.8 Å². The lowest BCUT2D eigenvalue weighted by Crippen LogP contribution is -2.22. The minimum atomic E-state index is -0.234. The van der Waals surface area contributed by atoms with E-state index in [1.807, 2.05) is 59.3 Å². The molecule has 9 nitrogen and oxygen atoms in total. The van der Waals surface area contributed by atoms with Crippen LogP contribution in [0.1, 0.15) is 12.8 Å². The summed E-state index contributed by atoms with van der Waals surface area (Å²) in [6.45, 7) is 2.48. The molecule has 1 fully saturated rings. The van der Waals surface area contributed by atoms with Crippen molar-refractivity contribution < 1.29 is 9.31 Å². The van der Waals surface area contributed by atoms with Crippen molar-refractivity contribution in [1.29, 1.82) is 0 Å². The van der Waals surface area contributed by atoms with Crippen LogP contribution in [-0.2, 0) is 13.1 Å². The lowest BCUT2D eigenvalue weighted by Gasteiger charge is -2.13. The van der Waals surface area contributed by atoms with Crippen LogP contribution in [0.25, 0.3) is 28.1 Å². The largest absolute Gasteiger partial charge is 0.485 e. The molecule has 5 aromatic rings. The average molecular weight is 493 g/mol. The number of hydrogen-bond donors (Lipinski definition) is 0. The van der Waals surface area contributed by atoms with Gasteiger partial charge in [0.2, 0.25) is 0 Å². The molecule has 2 aromatic carbocycles. The minimum Gasteiger partial charge on any atom is -0.485 e. The number of hydrogen-bond acceptors (Lipinski definition) is 5. The van der Waals surface area contributed by atoms with Crippen LogP contribution >= 0.6 is 0 Å². The van der Waals surface area contributed by atoms with Crippen LogP contribution < -0.4 is 10.2 Å². The molecule has 0 spiro atoms. The molecule has 1 aliphatic carbocycles. The number of fused-ring (bicyclic) bond motifs is 3. The topological polar surface area (TPSA) is 82.8 Å². The van der Waals surface area contributed by atoms with Crippen molar-refractivity contribution in [3.8, 4) is 22.8 Å². The van der Waals surface area contributed by atoms with Crippen molar-refractivity contribution in [2.75, 3.05) is 13.2 Å². The van der Waals surface area contributed by atoms with Gasteiger partial charge in [0.25, 0.3) is 5.43 Å². The Morgan fingerprint density at radius 3 is 2.73 bits per heavy atom. The Bertz CT molecular complexity index is 1690. The highest BCUT2D eigenvalue weighted by molar-refractivity contribution is 5.79. The fourth-order valence-electron chi connectivity index (χ4n) is 4.87. The van der Waals surface area contributed by atoms with E-state index in [9.17, 15) is 4.79 Å². The Labute approximate surface area is 212 Å². The molecule has 0 unspecified atom stereocenters. The molecule has 3 aromatic heterocycles. The molecule has 0 bridgehead atoms. The molecule has 0 radical (unpaired) electrons. The first kappa shape index (κ1) is 21.7. The molecular formula is C28H26N7O2+. The number of benzene rings is 2. The van der Waals surface area contributed by atoms with Crippen molar-refractivity contribution in [3.63, 3.8) is 0 Å². The van der Waals surface area contributed by atoms with E-state index in [1.54, 1.807) is 17.1 Å². The predicted octanol–water partition coefficient (Wildman–Crippen LogP) is 3.66. The van der Waals surface area contributed by atoms with Gasteiger partial charge in [0.15, 0.2) is 17.0 Å². The fourth-order valence-corrected chi connectivity index (χ4v) is 4.87. The van der Waals surface area contributed by atoms with Crippen molar-refractivity contribution in [1.82, 2.24) is 29.1 Å². The third-order valence-corrected chi connectivity index (χ3v) is 6.93. The summed E-state index contributed by atoms with van der Waals surface area (Å²) in [5.74, 6) is 1.80. The standard InChI is InChI=1S/C28H26N7O2/c36-27-25(37-17-16-32-14-15-34-23-9-5-4-8-22(23)30-28(32)34)19-33(18-20-10-11-20)31-26(27)24-12-13-29-35(24)21-6-2-1-3-7-21/h1-9,12-14,19-20H,10-11,15-18H2/q+1. The summed E-state index contributed by atoms with van der Waals surface area (Å²) >= 11 is 0. The molecule has 1 aliphatic heterocycles. The molecular weight excluding hydrogens is 466 g/mol. The van der Waals surface area contributed by atoms with Gasteiger partial charge >= 0.3 is 5.95 Å². The third-order valence-electron chi connectivity index (χ3n) is 6.93. The quantitative estimate of drug-likeness (QED) is 0.309. The second-order valence-electron chi connectivity index (χ2n) is 9.54. The molecule has 0 saturated heterocycles. The highest BCUT2D eigenvalue weighted by Crippen LogP contribution is 2.31. The molecule has 184 valence electrons. The van der Waals surface area contributed by atoms with E-state index >= 15 is 0 Å². The SMILES string of the molecule is O=c1c(OCC[N+]2=CCn3c2nc2ccccc23)cn(CC2CC2)nc1-c1ccnn1-c1ccccc1. The van der Waals surface area contributed by atoms with Gasteiger partial charge < -0.3 is 4.74 Å². The molecule has 7 rings (SSSR count). The maximum atomic E-state index is 13.6. The summed E-state index contributed by atoms with van der Waals surface area (Å²) in [5.41, 5.74) is 3.72. The Kier molecular flexibility index (Phi) is 5.20. The fraction of sp³-hybridized carbons (Fsp3) is 0.250. The van der Waals surface area contributed by atoms with Gasteiger partial charge in [-0.3, -0.25) is 9.48 Å². The summed E-state index contributed by atoms with van der Waals surface area (Å²) in [6.07, 6.45) is 7.92. The van der Waals surface area contributed by atoms with Crippen LogP contribution in [0.15, 0.2) is 77.9 Å². The van der Waals surface area contributed by atoms with Gasteiger partial charge in [0.1, 0.15) is 25.2 Å². The first-order valence-electron chi connectivity index (χ1n) is 12.6.